The Kier molecular flexibility index (Phi) is 3.67. The lowest BCUT2D eigenvalue weighted by molar-refractivity contribution is 0.334. The summed E-state index contributed by atoms with van der Waals surface area (Å²) in [5, 5.41) is 3.25. The predicted octanol–water partition coefficient (Wildman–Crippen LogP) is 3.42. The fourth-order valence-electron chi connectivity index (χ4n) is 2.80. The number of hydrogen-bond donors (Lipinski definition) is 2. The summed E-state index contributed by atoms with van der Waals surface area (Å²) in [5.41, 5.74) is 9.47. The fraction of sp³-hybridized carbons (Fsp3) is 0.222. The first-order valence-corrected chi connectivity index (χ1v) is 7.26. The molecule has 21 heavy (non-hydrogen) atoms. The Balaban J connectivity index is 1.97. The summed E-state index contributed by atoms with van der Waals surface area (Å²) in [6.45, 7) is 2.65. The molecule has 2 aromatic rings. The van der Waals surface area contributed by atoms with Gasteiger partial charge in [-0.15, -0.1) is 0 Å². The third-order valence-electron chi connectivity index (χ3n) is 3.80. The van der Waals surface area contributed by atoms with Crippen LogP contribution in [0.1, 0.15) is 18.1 Å². The van der Waals surface area contributed by atoms with E-state index in [0.29, 0.717) is 13.0 Å². The van der Waals surface area contributed by atoms with Gasteiger partial charge in [0.2, 0.25) is 0 Å². The van der Waals surface area contributed by atoms with Gasteiger partial charge in [-0.2, -0.15) is 0 Å². The molecule has 108 valence electrons. The maximum absolute atomic E-state index is 6.69. The second-order valence-corrected chi connectivity index (χ2v) is 5.28. The van der Waals surface area contributed by atoms with Gasteiger partial charge in [0.25, 0.3) is 0 Å². The molecule has 3 heteroatoms. The van der Waals surface area contributed by atoms with Gasteiger partial charge in [-0.1, -0.05) is 36.4 Å². The monoisotopic (exact) mass is 280 g/mol. The number of nitrogens with one attached hydrogen (secondary N) is 1. The largest absolute Gasteiger partial charge is 0.494 e. The SMILES string of the molecule is CCOc1ccccc1CC1(N)C=CNc2ccccc21. The zero-order valence-electron chi connectivity index (χ0n) is 12.2. The molecule has 0 aromatic heterocycles. The molecule has 2 aromatic carbocycles. The molecule has 0 saturated heterocycles. The Morgan fingerprint density at radius 3 is 2.71 bits per heavy atom. The van der Waals surface area contributed by atoms with Crippen LogP contribution in [-0.4, -0.2) is 6.61 Å². The summed E-state index contributed by atoms with van der Waals surface area (Å²) >= 11 is 0. The van der Waals surface area contributed by atoms with Crippen LogP contribution in [0.3, 0.4) is 0 Å². The first-order valence-electron chi connectivity index (χ1n) is 7.26. The standard InChI is InChI=1S/C18H20N2O/c1-2-21-17-10-6-3-7-14(17)13-18(19)11-12-20-16-9-5-4-8-15(16)18/h3-12,20H,2,13,19H2,1H3. The first-order chi connectivity index (χ1) is 10.2. The lowest BCUT2D eigenvalue weighted by Gasteiger charge is -2.32. The second-order valence-electron chi connectivity index (χ2n) is 5.28. The number of anilines is 1. The molecule has 0 fully saturated rings. The number of para-hydroxylation sites is 2. The van der Waals surface area contributed by atoms with Crippen LogP contribution in [0.25, 0.3) is 0 Å². The van der Waals surface area contributed by atoms with Crippen molar-refractivity contribution in [2.45, 2.75) is 18.9 Å². The van der Waals surface area contributed by atoms with Crippen molar-refractivity contribution in [1.82, 2.24) is 0 Å². The molecule has 3 nitrogen and oxygen atoms in total. The van der Waals surface area contributed by atoms with Crippen molar-refractivity contribution in [3.05, 3.63) is 71.9 Å². The zero-order chi connectivity index (χ0) is 14.7. The molecule has 1 aliphatic heterocycles. The molecular weight excluding hydrogens is 260 g/mol. The van der Waals surface area contributed by atoms with Crippen LogP contribution in [0, 0.1) is 0 Å². The molecule has 1 aliphatic rings. The smallest absolute Gasteiger partial charge is 0.122 e. The Labute approximate surface area is 125 Å². The molecule has 0 amide bonds. The Morgan fingerprint density at radius 1 is 1.10 bits per heavy atom. The van der Waals surface area contributed by atoms with Crippen molar-refractivity contribution in [2.24, 2.45) is 5.73 Å². The van der Waals surface area contributed by atoms with Crippen LogP contribution in [-0.2, 0) is 12.0 Å². The van der Waals surface area contributed by atoms with Gasteiger partial charge in [0.05, 0.1) is 12.1 Å². The van der Waals surface area contributed by atoms with Crippen molar-refractivity contribution < 1.29 is 4.74 Å². The summed E-state index contributed by atoms with van der Waals surface area (Å²) < 4.78 is 5.72. The van der Waals surface area contributed by atoms with E-state index in [2.05, 4.69) is 23.5 Å². The van der Waals surface area contributed by atoms with E-state index in [9.17, 15) is 0 Å². The highest BCUT2D eigenvalue weighted by molar-refractivity contribution is 5.61. The minimum absolute atomic E-state index is 0.519. The van der Waals surface area contributed by atoms with Gasteiger partial charge in [0, 0.05) is 12.1 Å². The van der Waals surface area contributed by atoms with E-state index in [0.717, 1.165) is 22.6 Å². The summed E-state index contributed by atoms with van der Waals surface area (Å²) in [5.74, 6) is 0.911. The van der Waals surface area contributed by atoms with Gasteiger partial charge in [0.15, 0.2) is 0 Å². The Hall–Kier alpha value is -2.26. The van der Waals surface area contributed by atoms with Gasteiger partial charge < -0.3 is 15.8 Å². The number of rotatable bonds is 4. The average Bonchev–Trinajstić information content (AvgIpc) is 2.50. The summed E-state index contributed by atoms with van der Waals surface area (Å²) in [7, 11) is 0. The lowest BCUT2D eigenvalue weighted by Crippen LogP contribution is -2.39. The van der Waals surface area contributed by atoms with Crippen LogP contribution >= 0.6 is 0 Å². The van der Waals surface area contributed by atoms with E-state index in [1.54, 1.807) is 0 Å². The lowest BCUT2D eigenvalue weighted by atomic mass is 9.82. The third-order valence-corrected chi connectivity index (χ3v) is 3.80. The number of nitrogens with two attached hydrogens (primary N) is 1. The highest BCUT2D eigenvalue weighted by atomic mass is 16.5. The van der Waals surface area contributed by atoms with Gasteiger partial charge >= 0.3 is 0 Å². The molecule has 0 spiro atoms. The van der Waals surface area contributed by atoms with Crippen molar-refractivity contribution in [3.63, 3.8) is 0 Å². The van der Waals surface area contributed by atoms with Crippen LogP contribution in [0.2, 0.25) is 0 Å². The van der Waals surface area contributed by atoms with Crippen molar-refractivity contribution >= 4 is 5.69 Å². The van der Waals surface area contributed by atoms with Crippen molar-refractivity contribution in [2.75, 3.05) is 11.9 Å². The quantitative estimate of drug-likeness (QED) is 0.902. The number of ether oxygens (including phenoxy) is 1. The van der Waals surface area contributed by atoms with E-state index in [4.69, 9.17) is 10.5 Å². The highest BCUT2D eigenvalue weighted by Gasteiger charge is 2.30. The van der Waals surface area contributed by atoms with Crippen molar-refractivity contribution in [3.8, 4) is 5.75 Å². The van der Waals surface area contributed by atoms with E-state index in [1.807, 2.05) is 49.5 Å². The van der Waals surface area contributed by atoms with Gasteiger partial charge in [-0.05, 0) is 42.5 Å². The number of fused-ring (bicyclic) bond motifs is 1. The first kappa shape index (κ1) is 13.7. The number of benzene rings is 2. The molecule has 0 saturated carbocycles. The molecule has 0 radical (unpaired) electrons. The minimum Gasteiger partial charge on any atom is -0.494 e. The molecule has 0 bridgehead atoms. The van der Waals surface area contributed by atoms with E-state index >= 15 is 0 Å². The van der Waals surface area contributed by atoms with Crippen LogP contribution in [0.15, 0.2) is 60.8 Å². The highest BCUT2D eigenvalue weighted by Crippen LogP contribution is 2.35. The Bertz CT molecular complexity index is 666. The summed E-state index contributed by atoms with van der Waals surface area (Å²) in [6, 6.07) is 16.3. The fourth-order valence-corrected chi connectivity index (χ4v) is 2.80. The van der Waals surface area contributed by atoms with E-state index < -0.39 is 5.54 Å². The molecular formula is C18H20N2O. The molecule has 1 atom stereocenters. The van der Waals surface area contributed by atoms with Gasteiger partial charge in [0.1, 0.15) is 5.75 Å². The molecule has 1 heterocycles. The van der Waals surface area contributed by atoms with Crippen LogP contribution in [0.4, 0.5) is 5.69 Å². The molecule has 0 aliphatic carbocycles. The average molecular weight is 280 g/mol. The van der Waals surface area contributed by atoms with Gasteiger partial charge in [-0.25, -0.2) is 0 Å². The third kappa shape index (κ3) is 2.65. The summed E-state index contributed by atoms with van der Waals surface area (Å²) in [4.78, 5) is 0. The predicted molar refractivity (Wildman–Crippen MR) is 86.4 cm³/mol. The number of hydrogen-bond acceptors (Lipinski definition) is 3. The maximum Gasteiger partial charge on any atom is 0.122 e. The van der Waals surface area contributed by atoms with Crippen LogP contribution in [0.5, 0.6) is 5.75 Å². The second kappa shape index (κ2) is 5.62. The maximum atomic E-state index is 6.69. The summed E-state index contributed by atoms with van der Waals surface area (Å²) in [6.07, 6.45) is 4.65. The minimum atomic E-state index is -0.519. The van der Waals surface area contributed by atoms with Gasteiger partial charge in [-0.3, -0.25) is 0 Å². The normalized spacial score (nSPS) is 19.7. The van der Waals surface area contributed by atoms with Crippen LogP contribution < -0.4 is 15.8 Å². The zero-order valence-corrected chi connectivity index (χ0v) is 12.2. The molecule has 1 unspecified atom stereocenters. The topological polar surface area (TPSA) is 47.3 Å². The molecule has 3 N–H and O–H groups in total. The van der Waals surface area contributed by atoms with E-state index in [1.165, 1.54) is 0 Å². The van der Waals surface area contributed by atoms with Crippen molar-refractivity contribution in [1.29, 1.82) is 0 Å². The Morgan fingerprint density at radius 2 is 1.86 bits per heavy atom. The molecule has 3 rings (SSSR count). The van der Waals surface area contributed by atoms with E-state index in [-0.39, 0.29) is 0 Å².